The van der Waals surface area contributed by atoms with Crippen molar-refractivity contribution in [1.29, 1.82) is 0 Å². The molecule has 0 fully saturated rings. The number of hydrogen-bond donors (Lipinski definition) is 2. The van der Waals surface area contributed by atoms with Gasteiger partial charge in [-0.25, -0.2) is 0 Å². The van der Waals surface area contributed by atoms with Gasteiger partial charge in [0, 0.05) is 6.42 Å². The molecule has 0 aromatic carbocycles. The molecule has 0 bridgehead atoms. The van der Waals surface area contributed by atoms with Crippen LogP contribution in [0.25, 0.3) is 0 Å². The minimum atomic E-state index is -1.12. The molecule has 0 aliphatic carbocycles. The van der Waals surface area contributed by atoms with Crippen molar-refractivity contribution in [2.45, 2.75) is 25.9 Å². The number of aliphatic carboxylic acids is 1. The Labute approximate surface area is 70.0 Å². The summed E-state index contributed by atoms with van der Waals surface area (Å²) in [5.74, 6) is -1.56. The standard InChI is InChI=1S/C7H12O5/c1-2-7(11)12-4-5(8)3-6(9)10/h5,8H,2-4H2,1H3,(H,9,10). The van der Waals surface area contributed by atoms with E-state index in [0.29, 0.717) is 0 Å². The second-order valence-electron chi connectivity index (χ2n) is 2.29. The smallest absolute Gasteiger partial charge is 0.306 e. The molecular weight excluding hydrogens is 164 g/mol. The molecule has 5 heteroatoms. The molecule has 0 aromatic heterocycles. The number of carboxylic acid groups (broad SMARTS) is 1. The van der Waals surface area contributed by atoms with E-state index < -0.39 is 24.5 Å². The van der Waals surface area contributed by atoms with E-state index in [-0.39, 0.29) is 13.0 Å². The Bertz CT molecular complexity index is 165. The second kappa shape index (κ2) is 5.54. The van der Waals surface area contributed by atoms with E-state index in [2.05, 4.69) is 4.74 Å². The largest absolute Gasteiger partial charge is 0.481 e. The summed E-state index contributed by atoms with van der Waals surface area (Å²) in [7, 11) is 0. The zero-order valence-corrected chi connectivity index (χ0v) is 6.82. The minimum Gasteiger partial charge on any atom is -0.481 e. The zero-order chi connectivity index (χ0) is 9.56. The number of ether oxygens (including phenoxy) is 1. The van der Waals surface area contributed by atoms with Gasteiger partial charge in [-0.05, 0) is 0 Å². The Hall–Kier alpha value is -1.10. The first-order valence-corrected chi connectivity index (χ1v) is 3.61. The number of carbonyl (C=O) groups excluding carboxylic acids is 1. The van der Waals surface area contributed by atoms with Crippen molar-refractivity contribution >= 4 is 11.9 Å². The molecule has 0 saturated carbocycles. The molecule has 0 aromatic rings. The maximum Gasteiger partial charge on any atom is 0.306 e. The highest BCUT2D eigenvalue weighted by atomic mass is 16.5. The van der Waals surface area contributed by atoms with Crippen LogP contribution < -0.4 is 0 Å². The third-order valence-corrected chi connectivity index (χ3v) is 1.14. The lowest BCUT2D eigenvalue weighted by atomic mass is 10.3. The molecule has 70 valence electrons. The first-order chi connectivity index (χ1) is 5.56. The van der Waals surface area contributed by atoms with Crippen LogP contribution in [0.4, 0.5) is 0 Å². The lowest BCUT2D eigenvalue weighted by molar-refractivity contribution is -0.149. The van der Waals surface area contributed by atoms with Crippen LogP contribution in [0.15, 0.2) is 0 Å². The predicted octanol–water partition coefficient (Wildman–Crippen LogP) is -0.225. The molecule has 0 aliphatic rings. The van der Waals surface area contributed by atoms with Gasteiger partial charge in [0.2, 0.25) is 0 Å². The summed E-state index contributed by atoms with van der Waals surface area (Å²) in [6.45, 7) is 1.37. The van der Waals surface area contributed by atoms with Crippen LogP contribution in [0, 0.1) is 0 Å². The van der Waals surface area contributed by atoms with Crippen molar-refractivity contribution in [3.63, 3.8) is 0 Å². The summed E-state index contributed by atoms with van der Waals surface area (Å²) >= 11 is 0. The van der Waals surface area contributed by atoms with Gasteiger partial charge in [-0.15, -0.1) is 0 Å². The normalized spacial score (nSPS) is 12.2. The molecule has 0 heterocycles. The van der Waals surface area contributed by atoms with Gasteiger partial charge in [-0.3, -0.25) is 9.59 Å². The molecule has 12 heavy (non-hydrogen) atoms. The number of aliphatic hydroxyl groups is 1. The van der Waals surface area contributed by atoms with Gasteiger partial charge in [0.05, 0.1) is 12.5 Å². The molecule has 1 unspecified atom stereocenters. The number of esters is 1. The van der Waals surface area contributed by atoms with Crippen molar-refractivity contribution < 1.29 is 24.5 Å². The molecule has 0 spiro atoms. The SMILES string of the molecule is CCC(=O)OCC(O)CC(=O)O. The highest BCUT2D eigenvalue weighted by Gasteiger charge is 2.11. The van der Waals surface area contributed by atoms with E-state index in [1.54, 1.807) is 6.92 Å². The van der Waals surface area contributed by atoms with Crippen molar-refractivity contribution in [2.75, 3.05) is 6.61 Å². The molecule has 0 rings (SSSR count). The van der Waals surface area contributed by atoms with Crippen molar-refractivity contribution in [3.8, 4) is 0 Å². The van der Waals surface area contributed by atoms with Gasteiger partial charge < -0.3 is 14.9 Å². The Balaban J connectivity index is 3.50. The van der Waals surface area contributed by atoms with Crippen LogP contribution in [0.3, 0.4) is 0 Å². The minimum absolute atomic E-state index is 0.222. The number of aliphatic hydroxyl groups excluding tert-OH is 1. The fourth-order valence-electron chi connectivity index (χ4n) is 0.552. The highest BCUT2D eigenvalue weighted by molar-refractivity contribution is 5.69. The molecule has 2 N–H and O–H groups in total. The third kappa shape index (κ3) is 5.67. The molecule has 1 atom stereocenters. The van der Waals surface area contributed by atoms with Crippen LogP contribution >= 0.6 is 0 Å². The van der Waals surface area contributed by atoms with Crippen LogP contribution in [0.2, 0.25) is 0 Å². The van der Waals surface area contributed by atoms with E-state index in [0.717, 1.165) is 0 Å². The number of rotatable bonds is 5. The van der Waals surface area contributed by atoms with Crippen LogP contribution in [0.5, 0.6) is 0 Å². The van der Waals surface area contributed by atoms with Crippen LogP contribution in [-0.4, -0.2) is 34.9 Å². The third-order valence-electron chi connectivity index (χ3n) is 1.14. The first kappa shape index (κ1) is 10.9. The Morgan fingerprint density at radius 1 is 1.50 bits per heavy atom. The molecule has 0 saturated heterocycles. The second-order valence-corrected chi connectivity index (χ2v) is 2.29. The van der Waals surface area contributed by atoms with Gasteiger partial charge in [-0.2, -0.15) is 0 Å². The van der Waals surface area contributed by atoms with E-state index in [9.17, 15) is 9.59 Å². The lowest BCUT2D eigenvalue weighted by Crippen LogP contribution is -2.21. The maximum absolute atomic E-state index is 10.5. The summed E-state index contributed by atoms with van der Waals surface area (Å²) in [6.07, 6.45) is -1.30. The Kier molecular flexibility index (Phi) is 5.03. The summed E-state index contributed by atoms with van der Waals surface area (Å²) in [6, 6.07) is 0. The summed E-state index contributed by atoms with van der Waals surface area (Å²) < 4.78 is 4.50. The van der Waals surface area contributed by atoms with Gasteiger partial charge in [0.15, 0.2) is 0 Å². The van der Waals surface area contributed by atoms with Gasteiger partial charge in [0.1, 0.15) is 6.61 Å². The van der Waals surface area contributed by atoms with E-state index in [1.165, 1.54) is 0 Å². The van der Waals surface area contributed by atoms with Crippen LogP contribution in [0.1, 0.15) is 19.8 Å². The maximum atomic E-state index is 10.5. The van der Waals surface area contributed by atoms with Gasteiger partial charge >= 0.3 is 11.9 Å². The molecule has 0 radical (unpaired) electrons. The average Bonchev–Trinajstić information content (AvgIpc) is 1.99. The number of carbonyl (C=O) groups is 2. The zero-order valence-electron chi connectivity index (χ0n) is 6.82. The quantitative estimate of drug-likeness (QED) is 0.565. The summed E-state index contributed by atoms with van der Waals surface area (Å²) in [5, 5.41) is 17.1. The topological polar surface area (TPSA) is 83.8 Å². The monoisotopic (exact) mass is 176 g/mol. The predicted molar refractivity (Wildman–Crippen MR) is 39.5 cm³/mol. The van der Waals surface area contributed by atoms with Crippen LogP contribution in [-0.2, 0) is 14.3 Å². The summed E-state index contributed by atoms with van der Waals surface area (Å²) in [4.78, 5) is 20.5. The fourth-order valence-corrected chi connectivity index (χ4v) is 0.552. The van der Waals surface area contributed by atoms with Gasteiger partial charge in [0.25, 0.3) is 0 Å². The Morgan fingerprint density at radius 3 is 2.50 bits per heavy atom. The fraction of sp³-hybridized carbons (Fsp3) is 0.714. The van der Waals surface area contributed by atoms with Gasteiger partial charge in [-0.1, -0.05) is 6.92 Å². The summed E-state index contributed by atoms with van der Waals surface area (Å²) in [5.41, 5.74) is 0. The first-order valence-electron chi connectivity index (χ1n) is 3.61. The number of carboxylic acids is 1. The molecule has 0 amide bonds. The lowest BCUT2D eigenvalue weighted by Gasteiger charge is -2.07. The molecule has 0 aliphatic heterocycles. The number of hydrogen-bond acceptors (Lipinski definition) is 4. The highest BCUT2D eigenvalue weighted by Crippen LogP contribution is 1.94. The van der Waals surface area contributed by atoms with Crippen molar-refractivity contribution in [2.24, 2.45) is 0 Å². The average molecular weight is 176 g/mol. The molecule has 5 nitrogen and oxygen atoms in total. The molecular formula is C7H12O5. The van der Waals surface area contributed by atoms with E-state index >= 15 is 0 Å². The van der Waals surface area contributed by atoms with E-state index in [4.69, 9.17) is 10.2 Å². The van der Waals surface area contributed by atoms with Crippen molar-refractivity contribution in [1.82, 2.24) is 0 Å². The Morgan fingerprint density at radius 2 is 2.08 bits per heavy atom. The van der Waals surface area contributed by atoms with E-state index in [1.807, 2.05) is 0 Å². The van der Waals surface area contributed by atoms with Crippen molar-refractivity contribution in [3.05, 3.63) is 0 Å².